The molecule has 4 N–H and O–H groups in total. The molecule has 0 saturated carbocycles. The molecule has 0 atom stereocenters. The molecule has 0 saturated heterocycles. The molecule has 39 heavy (non-hydrogen) atoms. The van der Waals surface area contributed by atoms with Crippen LogP contribution < -0.4 is 15.8 Å². The second-order valence-electron chi connectivity index (χ2n) is 8.20. The third-order valence-electron chi connectivity index (χ3n) is 5.21. The van der Waals surface area contributed by atoms with Gasteiger partial charge in [0.05, 0.1) is 21.7 Å². The number of pyridine rings is 1. The predicted octanol–water partition coefficient (Wildman–Crippen LogP) is 5.08. The van der Waals surface area contributed by atoms with E-state index in [0.717, 1.165) is 6.07 Å². The highest BCUT2D eigenvalue weighted by molar-refractivity contribution is 7.89. The summed E-state index contributed by atoms with van der Waals surface area (Å²) in [5.74, 6) is -1.11. The van der Waals surface area contributed by atoms with E-state index in [2.05, 4.69) is 25.6 Å². The minimum absolute atomic E-state index is 0.0535. The number of alkyl halides is 6. The summed E-state index contributed by atoms with van der Waals surface area (Å²) >= 11 is 0. The largest absolute Gasteiger partial charge is 0.416 e. The zero-order valence-corrected chi connectivity index (χ0v) is 20.2. The smallest absolute Gasteiger partial charge is 0.359 e. The molecular weight excluding hydrogens is 557 g/mol. The third kappa shape index (κ3) is 7.08. The fourth-order valence-corrected chi connectivity index (χ4v) is 4.06. The predicted molar refractivity (Wildman–Crippen MR) is 127 cm³/mol. The molecule has 16 heteroatoms. The van der Waals surface area contributed by atoms with Gasteiger partial charge in [0.2, 0.25) is 16.0 Å². The lowest BCUT2D eigenvalue weighted by Gasteiger charge is -2.14. The molecule has 4 aromatic rings. The first-order chi connectivity index (χ1) is 18.1. The summed E-state index contributed by atoms with van der Waals surface area (Å²) in [6, 6.07) is 10.1. The van der Waals surface area contributed by atoms with Crippen LogP contribution >= 0.6 is 0 Å². The lowest BCUT2D eigenvalue weighted by Crippen LogP contribution is -2.22. The number of aromatic nitrogens is 3. The van der Waals surface area contributed by atoms with Crippen LogP contribution in [0.3, 0.4) is 0 Å². The molecule has 0 spiro atoms. The van der Waals surface area contributed by atoms with Gasteiger partial charge in [-0.05, 0) is 60.2 Å². The summed E-state index contributed by atoms with van der Waals surface area (Å²) < 4.78 is 115. The fraction of sp³-hybridized carbons (Fsp3) is 0.174. The van der Waals surface area contributed by atoms with Crippen molar-refractivity contribution in [3.05, 3.63) is 71.5 Å². The van der Waals surface area contributed by atoms with Gasteiger partial charge >= 0.3 is 12.4 Å². The van der Waals surface area contributed by atoms with Crippen LogP contribution in [0.2, 0.25) is 0 Å². The molecular formula is C23H17F7N6O2S. The highest BCUT2D eigenvalue weighted by Crippen LogP contribution is 2.32. The number of hydrogen-bond donors (Lipinski definition) is 3. The molecule has 0 aliphatic heterocycles. The van der Waals surface area contributed by atoms with Crippen LogP contribution in [-0.2, 0) is 22.7 Å². The summed E-state index contributed by atoms with van der Waals surface area (Å²) in [6.07, 6.45) is -9.50. The van der Waals surface area contributed by atoms with Gasteiger partial charge in [0.25, 0.3) is 0 Å². The van der Waals surface area contributed by atoms with Gasteiger partial charge < -0.3 is 10.6 Å². The Morgan fingerprint density at radius 2 is 1.54 bits per heavy atom. The Morgan fingerprint density at radius 1 is 0.846 bits per heavy atom. The van der Waals surface area contributed by atoms with E-state index in [-0.39, 0.29) is 28.4 Å². The Balaban J connectivity index is 1.71. The van der Waals surface area contributed by atoms with Crippen molar-refractivity contribution in [3.8, 4) is 11.3 Å². The van der Waals surface area contributed by atoms with Crippen molar-refractivity contribution in [2.75, 3.05) is 17.2 Å². The van der Waals surface area contributed by atoms with Crippen molar-refractivity contribution in [1.82, 2.24) is 15.0 Å². The van der Waals surface area contributed by atoms with E-state index in [1.165, 1.54) is 36.4 Å². The molecule has 2 aromatic carbocycles. The average Bonchev–Trinajstić information content (AvgIpc) is 2.84. The van der Waals surface area contributed by atoms with Gasteiger partial charge in [0.15, 0.2) is 5.82 Å². The number of anilines is 2. The van der Waals surface area contributed by atoms with Gasteiger partial charge in [0.1, 0.15) is 17.9 Å². The molecule has 0 aliphatic carbocycles. The van der Waals surface area contributed by atoms with Gasteiger partial charge in [-0.2, -0.15) is 31.3 Å². The van der Waals surface area contributed by atoms with Gasteiger partial charge in [-0.25, -0.2) is 27.9 Å². The van der Waals surface area contributed by atoms with Crippen LogP contribution in [0.5, 0.6) is 0 Å². The highest BCUT2D eigenvalue weighted by atomic mass is 32.2. The first kappa shape index (κ1) is 28.0. The molecule has 2 aromatic heterocycles. The normalized spacial score (nSPS) is 12.5. The van der Waals surface area contributed by atoms with Gasteiger partial charge in [0, 0.05) is 12.1 Å². The fourth-order valence-electron chi connectivity index (χ4n) is 3.45. The van der Waals surface area contributed by atoms with E-state index in [0.29, 0.717) is 23.4 Å². The number of nitrogens with two attached hydrogens (primary N) is 1. The number of sulfonamides is 1. The molecule has 4 rings (SSSR count). The molecule has 0 bridgehead atoms. The van der Waals surface area contributed by atoms with Gasteiger partial charge in [-0.15, -0.1) is 0 Å². The molecule has 0 aliphatic rings. The Hall–Kier alpha value is -4.05. The van der Waals surface area contributed by atoms with Crippen molar-refractivity contribution in [1.29, 1.82) is 0 Å². The van der Waals surface area contributed by atoms with Crippen LogP contribution in [0.15, 0.2) is 59.5 Å². The van der Waals surface area contributed by atoms with Gasteiger partial charge in [-0.3, -0.25) is 0 Å². The van der Waals surface area contributed by atoms with Crippen molar-refractivity contribution in [2.45, 2.75) is 23.8 Å². The van der Waals surface area contributed by atoms with Crippen LogP contribution in [0.25, 0.3) is 22.3 Å². The maximum atomic E-state index is 13.3. The van der Waals surface area contributed by atoms with E-state index in [4.69, 9.17) is 5.14 Å². The molecule has 0 unspecified atom stereocenters. The second kappa shape index (κ2) is 10.3. The minimum Gasteiger partial charge on any atom is -0.359 e. The monoisotopic (exact) mass is 574 g/mol. The Kier molecular flexibility index (Phi) is 7.36. The first-order valence-electron chi connectivity index (χ1n) is 10.8. The maximum Gasteiger partial charge on any atom is 0.416 e. The zero-order chi connectivity index (χ0) is 28.6. The van der Waals surface area contributed by atoms with Crippen molar-refractivity contribution in [3.63, 3.8) is 0 Å². The van der Waals surface area contributed by atoms with E-state index < -0.39 is 51.7 Å². The molecule has 0 radical (unpaired) electrons. The first-order valence-corrected chi connectivity index (χ1v) is 12.4. The van der Waals surface area contributed by atoms with Gasteiger partial charge in [-0.1, -0.05) is 0 Å². The molecule has 2 heterocycles. The Bertz CT molecular complexity index is 1630. The maximum absolute atomic E-state index is 13.3. The molecule has 0 fully saturated rings. The van der Waals surface area contributed by atoms with Crippen molar-refractivity contribution in [2.24, 2.45) is 5.14 Å². The number of rotatable bonds is 7. The Morgan fingerprint density at radius 3 is 2.15 bits per heavy atom. The highest BCUT2D eigenvalue weighted by Gasteiger charge is 2.32. The number of fused-ring (bicyclic) bond motifs is 1. The van der Waals surface area contributed by atoms with Crippen LogP contribution in [0.4, 0.5) is 42.5 Å². The summed E-state index contributed by atoms with van der Waals surface area (Å²) in [5.41, 5.74) is -0.638. The molecule has 0 amide bonds. The quantitative estimate of drug-likeness (QED) is 0.263. The number of halogens is 7. The van der Waals surface area contributed by atoms with E-state index in [1.54, 1.807) is 0 Å². The summed E-state index contributed by atoms with van der Waals surface area (Å²) in [4.78, 5) is 11.7. The minimum atomic E-state index is -4.88. The van der Waals surface area contributed by atoms with Crippen molar-refractivity contribution < 1.29 is 39.2 Å². The molecule has 206 valence electrons. The lowest BCUT2D eigenvalue weighted by atomic mass is 10.1. The number of nitrogens with zero attached hydrogens (tertiary/aromatic N) is 3. The van der Waals surface area contributed by atoms with Crippen LogP contribution in [-0.4, -0.2) is 36.1 Å². The Labute approximate surface area is 216 Å². The number of nitrogens with one attached hydrogen (secondary N) is 2. The summed E-state index contributed by atoms with van der Waals surface area (Å²) in [7, 11) is -4.48. The lowest BCUT2D eigenvalue weighted by molar-refractivity contribution is -0.137. The van der Waals surface area contributed by atoms with Crippen molar-refractivity contribution >= 4 is 32.8 Å². The summed E-state index contributed by atoms with van der Waals surface area (Å²) in [6.45, 7) is -1.91. The standard InChI is InChI=1S/C23H17F7N6O2S/c24-15-3-1-13(2-4-15)17-5-6-18-19(34-17)20(33-11-22(25,26)27)36-21(35-18)32-10-12-7-14(23(28,29)30)9-16(8-12)39(31,37)38/h1-9H,10-11H2,(H2,31,37,38)(H2,32,33,35,36). The number of hydrogen-bond acceptors (Lipinski definition) is 7. The number of primary sulfonamides is 1. The SMILES string of the molecule is NS(=O)(=O)c1cc(CNc2nc(NCC(F)(F)F)c3nc(-c4ccc(F)cc4)ccc3n2)cc(C(F)(F)F)c1. The van der Waals surface area contributed by atoms with Crippen LogP contribution in [0.1, 0.15) is 11.1 Å². The summed E-state index contributed by atoms with van der Waals surface area (Å²) in [5, 5.41) is 9.70. The average molecular weight is 574 g/mol. The molecule has 8 nitrogen and oxygen atoms in total. The van der Waals surface area contributed by atoms with E-state index in [9.17, 15) is 39.2 Å². The third-order valence-corrected chi connectivity index (χ3v) is 6.10. The van der Waals surface area contributed by atoms with E-state index in [1.807, 2.05) is 0 Å². The number of benzene rings is 2. The zero-order valence-electron chi connectivity index (χ0n) is 19.4. The topological polar surface area (TPSA) is 123 Å². The second-order valence-corrected chi connectivity index (χ2v) is 9.76. The van der Waals surface area contributed by atoms with Crippen LogP contribution in [0, 0.1) is 5.82 Å². The van der Waals surface area contributed by atoms with E-state index >= 15 is 0 Å².